The number of halogens is 2. The number of aliphatic hydroxyl groups is 1. The highest BCUT2D eigenvalue weighted by Crippen LogP contribution is 2.48. The molecule has 0 bridgehead atoms. The van der Waals surface area contributed by atoms with E-state index in [4.69, 9.17) is 11.6 Å². The predicted octanol–water partition coefficient (Wildman–Crippen LogP) is 5.91. The molecule has 3 aromatic rings. The molecule has 0 spiro atoms. The van der Waals surface area contributed by atoms with Gasteiger partial charge in [0, 0.05) is 39.9 Å². The molecule has 3 nitrogen and oxygen atoms in total. The van der Waals surface area contributed by atoms with Gasteiger partial charge in [-0.15, -0.1) is 0 Å². The fourth-order valence-corrected chi connectivity index (χ4v) is 4.80. The number of H-pyrrole nitrogens is 1. The number of aliphatic hydroxyl groups excluding tert-OH is 1. The van der Waals surface area contributed by atoms with Crippen LogP contribution in [0.15, 0.2) is 24.4 Å². The van der Waals surface area contributed by atoms with E-state index in [0.29, 0.717) is 10.4 Å². The quantitative estimate of drug-likeness (QED) is 0.486. The van der Waals surface area contributed by atoms with Gasteiger partial charge in [0.2, 0.25) is 0 Å². The van der Waals surface area contributed by atoms with Crippen molar-refractivity contribution >= 4 is 28.2 Å². The lowest BCUT2D eigenvalue weighted by molar-refractivity contribution is 0.0869. The van der Waals surface area contributed by atoms with Crippen molar-refractivity contribution in [3.63, 3.8) is 0 Å². The first-order valence-corrected chi connectivity index (χ1v) is 9.57. The molecule has 0 fully saturated rings. The molecule has 0 radical (unpaired) electrons. The van der Waals surface area contributed by atoms with E-state index in [1.807, 2.05) is 46.9 Å². The second-order valence-electron chi connectivity index (χ2n) is 8.24. The van der Waals surface area contributed by atoms with Gasteiger partial charge in [0.1, 0.15) is 5.82 Å². The lowest BCUT2D eigenvalue weighted by Gasteiger charge is -2.43. The molecule has 0 aliphatic carbocycles. The number of hydrogen-bond acceptors (Lipinski definition) is 2. The number of aromatic amines is 1. The molecule has 2 aromatic carbocycles. The fraction of sp³-hybridized carbons (Fsp3) is 0.364. The van der Waals surface area contributed by atoms with E-state index >= 15 is 0 Å². The monoisotopic (exact) mass is 386 g/mol. The van der Waals surface area contributed by atoms with Crippen molar-refractivity contribution in [2.24, 2.45) is 0 Å². The van der Waals surface area contributed by atoms with E-state index in [9.17, 15) is 9.50 Å². The average molecular weight is 387 g/mol. The second-order valence-corrected chi connectivity index (χ2v) is 8.62. The first-order chi connectivity index (χ1) is 12.6. The molecular weight excluding hydrogens is 363 g/mol. The first kappa shape index (κ1) is 18.3. The summed E-state index contributed by atoms with van der Waals surface area (Å²) in [6, 6.07) is 5.29. The average Bonchev–Trinajstić information content (AvgIpc) is 2.99. The maximum Gasteiger partial charge on any atom is 0.132 e. The van der Waals surface area contributed by atoms with Gasteiger partial charge in [-0.25, -0.2) is 4.39 Å². The van der Waals surface area contributed by atoms with Crippen LogP contribution >= 0.6 is 11.6 Å². The topological polar surface area (TPSA) is 48.0 Å². The molecule has 4 rings (SSSR count). The molecule has 142 valence electrons. The van der Waals surface area contributed by atoms with E-state index in [1.165, 1.54) is 6.07 Å². The van der Waals surface area contributed by atoms with Gasteiger partial charge in [0.05, 0.1) is 22.2 Å². The van der Waals surface area contributed by atoms with Gasteiger partial charge in [-0.1, -0.05) is 18.5 Å². The van der Waals surface area contributed by atoms with Crippen molar-refractivity contribution < 1.29 is 9.50 Å². The van der Waals surface area contributed by atoms with E-state index in [1.54, 1.807) is 6.07 Å². The molecule has 0 amide bonds. The number of fused-ring (bicyclic) bond motifs is 2. The molecule has 2 atom stereocenters. The largest absolute Gasteiger partial charge is 0.390 e. The summed E-state index contributed by atoms with van der Waals surface area (Å²) in [5, 5.41) is 15.4. The van der Waals surface area contributed by atoms with Crippen molar-refractivity contribution in [3.8, 4) is 11.1 Å². The van der Waals surface area contributed by atoms with E-state index in [2.05, 4.69) is 10.3 Å². The van der Waals surface area contributed by atoms with Gasteiger partial charge in [0.15, 0.2) is 0 Å². The fourth-order valence-electron chi connectivity index (χ4n) is 4.38. The molecule has 1 aliphatic heterocycles. The molecule has 0 saturated carbocycles. The highest BCUT2D eigenvalue weighted by Gasteiger charge is 2.40. The van der Waals surface area contributed by atoms with Gasteiger partial charge in [-0.05, 0) is 57.0 Å². The van der Waals surface area contributed by atoms with Crippen LogP contribution in [0.5, 0.6) is 0 Å². The Kier molecular flexibility index (Phi) is 4.06. The number of benzene rings is 2. The van der Waals surface area contributed by atoms with Crippen LogP contribution in [-0.2, 0) is 0 Å². The van der Waals surface area contributed by atoms with Crippen LogP contribution in [0.3, 0.4) is 0 Å². The summed E-state index contributed by atoms with van der Waals surface area (Å²) in [5.41, 5.74) is 5.82. The van der Waals surface area contributed by atoms with Gasteiger partial charge < -0.3 is 15.4 Å². The highest BCUT2D eigenvalue weighted by atomic mass is 35.5. The molecule has 0 saturated heterocycles. The Hall–Kier alpha value is -2.04. The third-order valence-electron chi connectivity index (χ3n) is 5.89. The van der Waals surface area contributed by atoms with Crippen LogP contribution in [0.2, 0.25) is 5.02 Å². The summed E-state index contributed by atoms with van der Waals surface area (Å²) in [4.78, 5) is 3.19. The zero-order chi connectivity index (χ0) is 19.7. The number of rotatable bonds is 1. The number of aryl methyl sites for hydroxylation is 2. The Labute approximate surface area is 163 Å². The highest BCUT2D eigenvalue weighted by molar-refractivity contribution is 6.35. The van der Waals surface area contributed by atoms with Gasteiger partial charge in [-0.3, -0.25) is 0 Å². The molecule has 0 unspecified atom stereocenters. The molecule has 1 aliphatic rings. The van der Waals surface area contributed by atoms with Gasteiger partial charge >= 0.3 is 0 Å². The zero-order valence-corrected chi connectivity index (χ0v) is 16.9. The Morgan fingerprint density at radius 3 is 2.56 bits per heavy atom. The Morgan fingerprint density at radius 2 is 1.85 bits per heavy atom. The molecule has 3 N–H and O–H groups in total. The van der Waals surface area contributed by atoms with Crippen LogP contribution in [0.1, 0.15) is 43.4 Å². The normalized spacial score (nSPS) is 21.2. The third kappa shape index (κ3) is 2.58. The summed E-state index contributed by atoms with van der Waals surface area (Å²) in [5.74, 6) is -0.366. The second kappa shape index (κ2) is 5.98. The van der Waals surface area contributed by atoms with Crippen molar-refractivity contribution in [2.45, 2.75) is 52.2 Å². The first-order valence-electron chi connectivity index (χ1n) is 9.19. The van der Waals surface area contributed by atoms with Crippen LogP contribution in [0.4, 0.5) is 10.1 Å². The van der Waals surface area contributed by atoms with Crippen LogP contribution < -0.4 is 5.32 Å². The summed E-state index contributed by atoms with van der Waals surface area (Å²) in [7, 11) is 0. The van der Waals surface area contributed by atoms with Crippen molar-refractivity contribution in [2.75, 3.05) is 5.32 Å². The number of aromatic nitrogens is 1. The van der Waals surface area contributed by atoms with Gasteiger partial charge in [-0.2, -0.15) is 0 Å². The zero-order valence-electron chi connectivity index (χ0n) is 16.2. The summed E-state index contributed by atoms with van der Waals surface area (Å²) >= 11 is 6.87. The number of hydrogen-bond donors (Lipinski definition) is 3. The Bertz CT molecular complexity index is 1070. The van der Waals surface area contributed by atoms with Gasteiger partial charge in [0.25, 0.3) is 0 Å². The molecular formula is C22H24ClFN2O. The Morgan fingerprint density at radius 1 is 1.15 bits per heavy atom. The van der Waals surface area contributed by atoms with Crippen molar-refractivity contribution in [1.29, 1.82) is 0 Å². The molecule has 1 aromatic heterocycles. The van der Waals surface area contributed by atoms with Crippen molar-refractivity contribution in [3.05, 3.63) is 51.9 Å². The smallest absolute Gasteiger partial charge is 0.132 e. The standard InChI is InChI=1S/C22H24ClFN2O/c1-10-8-14(13-6-7-15(24)16-11(2)9-25-20(13)16)18(23)17-12(3)21(27)22(4,5)26-19(10)17/h6-9,12,21,25-27H,1-5H3/t12-,21+/m1/s1. The molecule has 2 heterocycles. The maximum atomic E-state index is 14.3. The lowest BCUT2D eigenvalue weighted by atomic mass is 9.77. The van der Waals surface area contributed by atoms with E-state index < -0.39 is 11.6 Å². The minimum absolute atomic E-state index is 0.122. The van der Waals surface area contributed by atoms with E-state index in [-0.39, 0.29) is 11.7 Å². The number of nitrogens with one attached hydrogen (secondary N) is 2. The third-order valence-corrected chi connectivity index (χ3v) is 6.29. The minimum Gasteiger partial charge on any atom is -0.390 e. The number of anilines is 1. The van der Waals surface area contributed by atoms with Crippen molar-refractivity contribution in [1.82, 2.24) is 4.98 Å². The predicted molar refractivity (Wildman–Crippen MR) is 110 cm³/mol. The maximum absolute atomic E-state index is 14.3. The summed E-state index contributed by atoms with van der Waals surface area (Å²) in [6.07, 6.45) is 1.24. The van der Waals surface area contributed by atoms with Crippen LogP contribution in [0, 0.1) is 19.7 Å². The summed E-state index contributed by atoms with van der Waals surface area (Å²) < 4.78 is 14.3. The minimum atomic E-state index is -0.571. The summed E-state index contributed by atoms with van der Waals surface area (Å²) in [6.45, 7) is 9.90. The molecule has 27 heavy (non-hydrogen) atoms. The van der Waals surface area contributed by atoms with Crippen LogP contribution in [0.25, 0.3) is 22.0 Å². The SMILES string of the molecule is Cc1cc(-c2ccc(F)c3c(C)c[nH]c23)c(Cl)c2c1NC(C)(C)[C@@H](O)[C@@H]2C. The lowest BCUT2D eigenvalue weighted by Crippen LogP contribution is -2.50. The Balaban J connectivity index is 2.01. The van der Waals surface area contributed by atoms with Crippen LogP contribution in [-0.4, -0.2) is 21.7 Å². The molecule has 5 heteroatoms. The van der Waals surface area contributed by atoms with E-state index in [0.717, 1.165) is 39.0 Å².